The fourth-order valence-corrected chi connectivity index (χ4v) is 2.29. The SMILES string of the molecule is CC(C)CCOCCn1c(CCl)nc2c(F)cccc21. The maximum absolute atomic E-state index is 13.7. The topological polar surface area (TPSA) is 27.1 Å². The Morgan fingerprint density at radius 1 is 1.35 bits per heavy atom. The van der Waals surface area contributed by atoms with Gasteiger partial charge in [-0.25, -0.2) is 9.37 Å². The molecular weight excluding hydrogens is 279 g/mol. The number of hydrogen-bond acceptors (Lipinski definition) is 2. The van der Waals surface area contributed by atoms with Crippen LogP contribution in [0.25, 0.3) is 11.0 Å². The molecule has 0 spiro atoms. The first-order chi connectivity index (χ1) is 9.63. The van der Waals surface area contributed by atoms with Crippen LogP contribution < -0.4 is 0 Å². The third-order valence-corrected chi connectivity index (χ3v) is 3.47. The van der Waals surface area contributed by atoms with E-state index in [0.717, 1.165) is 18.5 Å². The molecule has 0 aliphatic carbocycles. The molecule has 0 unspecified atom stereocenters. The minimum atomic E-state index is -0.312. The van der Waals surface area contributed by atoms with Crippen LogP contribution >= 0.6 is 11.6 Å². The molecule has 0 aliphatic rings. The van der Waals surface area contributed by atoms with Crippen LogP contribution in [0.4, 0.5) is 4.39 Å². The second-order valence-corrected chi connectivity index (χ2v) is 5.48. The highest BCUT2D eigenvalue weighted by molar-refractivity contribution is 6.16. The zero-order valence-electron chi connectivity index (χ0n) is 11.9. The van der Waals surface area contributed by atoms with E-state index in [0.29, 0.717) is 30.4 Å². The molecule has 2 rings (SSSR count). The summed E-state index contributed by atoms with van der Waals surface area (Å²) >= 11 is 5.89. The number of alkyl halides is 1. The first kappa shape index (κ1) is 15.3. The molecule has 1 aromatic carbocycles. The lowest BCUT2D eigenvalue weighted by atomic mass is 10.1. The lowest BCUT2D eigenvalue weighted by Crippen LogP contribution is -2.10. The van der Waals surface area contributed by atoms with Crippen molar-refractivity contribution in [3.63, 3.8) is 0 Å². The van der Waals surface area contributed by atoms with Crippen LogP contribution in [0.2, 0.25) is 0 Å². The molecule has 1 heterocycles. The second-order valence-electron chi connectivity index (χ2n) is 5.22. The maximum atomic E-state index is 13.7. The molecule has 110 valence electrons. The fourth-order valence-electron chi connectivity index (χ4n) is 2.09. The number of para-hydroxylation sites is 1. The van der Waals surface area contributed by atoms with Crippen LogP contribution in [0.5, 0.6) is 0 Å². The van der Waals surface area contributed by atoms with Crippen LogP contribution in [0.15, 0.2) is 18.2 Å². The molecule has 0 aliphatic heterocycles. The van der Waals surface area contributed by atoms with Crippen molar-refractivity contribution in [2.45, 2.75) is 32.7 Å². The number of rotatable bonds is 7. The van der Waals surface area contributed by atoms with Crippen molar-refractivity contribution in [1.82, 2.24) is 9.55 Å². The Labute approximate surface area is 123 Å². The molecule has 0 fully saturated rings. The molecule has 0 saturated heterocycles. The van der Waals surface area contributed by atoms with Crippen molar-refractivity contribution in [3.05, 3.63) is 29.8 Å². The molecular formula is C15H20ClFN2O. The average molecular weight is 299 g/mol. The summed E-state index contributed by atoms with van der Waals surface area (Å²) in [4.78, 5) is 4.26. The van der Waals surface area contributed by atoms with Crippen LogP contribution in [0.1, 0.15) is 26.1 Å². The number of nitrogens with zero attached hydrogens (tertiary/aromatic N) is 2. The zero-order valence-corrected chi connectivity index (χ0v) is 12.7. The van der Waals surface area contributed by atoms with Gasteiger partial charge >= 0.3 is 0 Å². The standard InChI is InChI=1S/C15H20ClFN2O/c1-11(2)6-8-20-9-7-19-13-5-3-4-12(17)15(13)18-14(19)10-16/h3-5,11H,6-10H2,1-2H3. The number of ether oxygens (including phenoxy) is 1. The predicted molar refractivity (Wildman–Crippen MR) is 79.5 cm³/mol. The first-order valence-corrected chi connectivity index (χ1v) is 7.44. The summed E-state index contributed by atoms with van der Waals surface area (Å²) in [6.07, 6.45) is 1.04. The summed E-state index contributed by atoms with van der Waals surface area (Å²) in [6.45, 7) is 6.30. The Morgan fingerprint density at radius 2 is 2.15 bits per heavy atom. The third kappa shape index (κ3) is 3.49. The average Bonchev–Trinajstić information content (AvgIpc) is 2.78. The van der Waals surface area contributed by atoms with E-state index < -0.39 is 0 Å². The van der Waals surface area contributed by atoms with Gasteiger partial charge < -0.3 is 9.30 Å². The van der Waals surface area contributed by atoms with Crippen molar-refractivity contribution >= 4 is 22.6 Å². The van der Waals surface area contributed by atoms with Gasteiger partial charge in [0.25, 0.3) is 0 Å². The lowest BCUT2D eigenvalue weighted by Gasteiger charge is -2.09. The minimum absolute atomic E-state index is 0.264. The van der Waals surface area contributed by atoms with E-state index in [1.807, 2.05) is 10.6 Å². The summed E-state index contributed by atoms with van der Waals surface area (Å²) in [5.41, 5.74) is 1.15. The molecule has 0 radical (unpaired) electrons. The summed E-state index contributed by atoms with van der Waals surface area (Å²) < 4.78 is 21.2. The smallest absolute Gasteiger partial charge is 0.151 e. The zero-order chi connectivity index (χ0) is 14.5. The van der Waals surface area contributed by atoms with E-state index in [-0.39, 0.29) is 11.7 Å². The van der Waals surface area contributed by atoms with E-state index in [1.165, 1.54) is 6.07 Å². The number of benzene rings is 1. The monoisotopic (exact) mass is 298 g/mol. The number of fused-ring (bicyclic) bond motifs is 1. The van der Waals surface area contributed by atoms with Gasteiger partial charge in [-0.3, -0.25) is 0 Å². The molecule has 0 saturated carbocycles. The van der Waals surface area contributed by atoms with Crippen LogP contribution in [-0.4, -0.2) is 22.8 Å². The molecule has 0 atom stereocenters. The Morgan fingerprint density at radius 3 is 2.85 bits per heavy atom. The predicted octanol–water partition coefficient (Wildman–Crippen LogP) is 3.98. The number of halogens is 2. The number of aromatic nitrogens is 2. The lowest BCUT2D eigenvalue weighted by molar-refractivity contribution is 0.116. The van der Waals surface area contributed by atoms with E-state index in [4.69, 9.17) is 16.3 Å². The van der Waals surface area contributed by atoms with E-state index in [1.54, 1.807) is 6.07 Å². The second kappa shape index (κ2) is 7.04. The Bertz CT molecular complexity index is 568. The van der Waals surface area contributed by atoms with Gasteiger partial charge in [-0.05, 0) is 24.5 Å². The van der Waals surface area contributed by atoms with Crippen molar-refractivity contribution in [3.8, 4) is 0 Å². The highest BCUT2D eigenvalue weighted by atomic mass is 35.5. The van der Waals surface area contributed by atoms with Gasteiger partial charge in [-0.2, -0.15) is 0 Å². The van der Waals surface area contributed by atoms with Crippen molar-refractivity contribution in [2.75, 3.05) is 13.2 Å². The van der Waals surface area contributed by atoms with E-state index in [2.05, 4.69) is 18.8 Å². The number of imidazole rings is 1. The van der Waals surface area contributed by atoms with Crippen molar-refractivity contribution < 1.29 is 9.13 Å². The molecule has 0 amide bonds. The Hall–Kier alpha value is -1.13. The van der Waals surface area contributed by atoms with Gasteiger partial charge in [0, 0.05) is 13.2 Å². The Balaban J connectivity index is 2.07. The fraction of sp³-hybridized carbons (Fsp3) is 0.533. The third-order valence-electron chi connectivity index (χ3n) is 3.23. The maximum Gasteiger partial charge on any atom is 0.151 e. The summed E-state index contributed by atoms with van der Waals surface area (Å²) in [7, 11) is 0. The highest BCUT2D eigenvalue weighted by Crippen LogP contribution is 2.20. The van der Waals surface area contributed by atoms with Crippen LogP contribution in [0, 0.1) is 11.7 Å². The van der Waals surface area contributed by atoms with Crippen LogP contribution in [0.3, 0.4) is 0 Å². The number of hydrogen-bond donors (Lipinski definition) is 0. The molecule has 1 aromatic heterocycles. The molecule has 0 N–H and O–H groups in total. The normalized spacial score (nSPS) is 11.7. The molecule has 2 aromatic rings. The summed E-state index contributed by atoms with van der Waals surface area (Å²) in [5.74, 6) is 1.27. The van der Waals surface area contributed by atoms with Gasteiger partial charge in [0.2, 0.25) is 0 Å². The molecule has 0 bridgehead atoms. The van der Waals surface area contributed by atoms with Gasteiger partial charge in [0.15, 0.2) is 5.82 Å². The van der Waals surface area contributed by atoms with E-state index >= 15 is 0 Å². The highest BCUT2D eigenvalue weighted by Gasteiger charge is 2.12. The quantitative estimate of drug-likeness (QED) is 0.571. The van der Waals surface area contributed by atoms with Crippen molar-refractivity contribution in [1.29, 1.82) is 0 Å². The van der Waals surface area contributed by atoms with Gasteiger partial charge in [-0.15, -0.1) is 11.6 Å². The van der Waals surface area contributed by atoms with Gasteiger partial charge in [0.05, 0.1) is 18.0 Å². The largest absolute Gasteiger partial charge is 0.380 e. The van der Waals surface area contributed by atoms with E-state index in [9.17, 15) is 4.39 Å². The first-order valence-electron chi connectivity index (χ1n) is 6.90. The molecule has 20 heavy (non-hydrogen) atoms. The summed E-state index contributed by atoms with van der Waals surface area (Å²) in [6, 6.07) is 4.96. The minimum Gasteiger partial charge on any atom is -0.380 e. The van der Waals surface area contributed by atoms with Gasteiger partial charge in [0.1, 0.15) is 11.3 Å². The molecule has 5 heteroatoms. The van der Waals surface area contributed by atoms with Crippen molar-refractivity contribution in [2.24, 2.45) is 5.92 Å². The van der Waals surface area contributed by atoms with Crippen LogP contribution in [-0.2, 0) is 17.2 Å². The Kier molecular flexibility index (Phi) is 5.38. The molecule has 3 nitrogen and oxygen atoms in total. The van der Waals surface area contributed by atoms with Gasteiger partial charge in [-0.1, -0.05) is 19.9 Å². The summed E-state index contributed by atoms with van der Waals surface area (Å²) in [5, 5.41) is 0.